The van der Waals surface area contributed by atoms with E-state index in [4.69, 9.17) is 4.42 Å². The Morgan fingerprint density at radius 1 is 1.27 bits per heavy atom. The number of carbonyl (C=O) groups is 1. The van der Waals surface area contributed by atoms with Gasteiger partial charge in [-0.3, -0.25) is 4.79 Å². The summed E-state index contributed by atoms with van der Waals surface area (Å²) in [6, 6.07) is 9.44. The second kappa shape index (κ2) is 4.13. The van der Waals surface area contributed by atoms with Crippen LogP contribution in [0, 0.1) is 6.92 Å². The van der Waals surface area contributed by atoms with Crippen molar-refractivity contribution in [3.63, 3.8) is 0 Å². The molecule has 0 aliphatic heterocycles. The van der Waals surface area contributed by atoms with Crippen molar-refractivity contribution in [3.8, 4) is 0 Å². The van der Waals surface area contributed by atoms with Crippen LogP contribution in [0.25, 0.3) is 0 Å². The number of Topliss-reactive ketones (excluding diaryl/α,β-unsaturated/α-hetero) is 1. The minimum atomic E-state index is 0.134. The zero-order valence-corrected chi connectivity index (χ0v) is 8.57. The first-order valence-electron chi connectivity index (χ1n) is 4.87. The molecule has 0 radical (unpaired) electrons. The zero-order valence-electron chi connectivity index (χ0n) is 8.57. The maximum Gasteiger partial charge on any atom is 0.167 e. The number of aryl methyl sites for hydroxylation is 1. The molecule has 1 aromatic carbocycles. The van der Waals surface area contributed by atoms with Gasteiger partial charge in [-0.25, -0.2) is 0 Å². The number of hydrogen-bond donors (Lipinski definition) is 0. The highest BCUT2D eigenvalue weighted by atomic mass is 16.3. The zero-order chi connectivity index (χ0) is 10.7. The third kappa shape index (κ3) is 2.15. The van der Waals surface area contributed by atoms with Gasteiger partial charge in [0.1, 0.15) is 0 Å². The second-order valence-corrected chi connectivity index (χ2v) is 3.55. The summed E-state index contributed by atoms with van der Waals surface area (Å²) in [7, 11) is 0. The van der Waals surface area contributed by atoms with E-state index in [9.17, 15) is 4.79 Å². The minimum absolute atomic E-state index is 0.134. The van der Waals surface area contributed by atoms with E-state index in [2.05, 4.69) is 0 Å². The molecule has 2 nitrogen and oxygen atoms in total. The van der Waals surface area contributed by atoms with Gasteiger partial charge in [0.05, 0.1) is 12.5 Å². The average Bonchev–Trinajstić information content (AvgIpc) is 2.71. The van der Waals surface area contributed by atoms with Crippen molar-refractivity contribution in [1.82, 2.24) is 0 Å². The van der Waals surface area contributed by atoms with Crippen molar-refractivity contribution in [3.05, 3.63) is 59.5 Å². The highest BCUT2D eigenvalue weighted by molar-refractivity contribution is 5.98. The highest BCUT2D eigenvalue weighted by Gasteiger charge is 2.09. The van der Waals surface area contributed by atoms with E-state index in [1.165, 1.54) is 0 Å². The lowest BCUT2D eigenvalue weighted by molar-refractivity contribution is 0.0992. The normalized spacial score (nSPS) is 10.2. The van der Waals surface area contributed by atoms with E-state index in [0.29, 0.717) is 6.42 Å². The Morgan fingerprint density at radius 3 is 2.73 bits per heavy atom. The molecule has 0 amide bonds. The number of rotatable bonds is 3. The quantitative estimate of drug-likeness (QED) is 0.713. The molecule has 0 N–H and O–H groups in total. The van der Waals surface area contributed by atoms with Crippen molar-refractivity contribution in [2.75, 3.05) is 0 Å². The molecule has 0 saturated carbocycles. The van der Waals surface area contributed by atoms with Crippen LogP contribution in [0.2, 0.25) is 0 Å². The molecule has 2 heteroatoms. The first-order chi connectivity index (χ1) is 7.27. The lowest BCUT2D eigenvalue weighted by Crippen LogP contribution is -2.04. The van der Waals surface area contributed by atoms with Gasteiger partial charge < -0.3 is 4.42 Å². The summed E-state index contributed by atoms with van der Waals surface area (Å²) in [6.07, 6.45) is 3.60. The van der Waals surface area contributed by atoms with E-state index in [-0.39, 0.29) is 5.78 Å². The molecule has 0 saturated heterocycles. The third-order valence-electron chi connectivity index (χ3n) is 2.39. The van der Waals surface area contributed by atoms with Crippen molar-refractivity contribution in [2.24, 2.45) is 0 Å². The van der Waals surface area contributed by atoms with Crippen LogP contribution >= 0.6 is 0 Å². The molecule has 0 aliphatic rings. The van der Waals surface area contributed by atoms with Gasteiger partial charge in [0.15, 0.2) is 5.78 Å². The first-order valence-corrected chi connectivity index (χ1v) is 4.87. The predicted octanol–water partition coefficient (Wildman–Crippen LogP) is 3.01. The molecule has 1 heterocycles. The molecule has 2 rings (SSSR count). The summed E-state index contributed by atoms with van der Waals surface area (Å²) in [5.74, 6) is 0.134. The molecule has 0 unspecified atom stereocenters. The van der Waals surface area contributed by atoms with Gasteiger partial charge in [0.25, 0.3) is 0 Å². The summed E-state index contributed by atoms with van der Waals surface area (Å²) >= 11 is 0. The Kier molecular flexibility index (Phi) is 2.68. The van der Waals surface area contributed by atoms with Gasteiger partial charge in [-0.05, 0) is 24.1 Å². The Hall–Kier alpha value is -1.83. The smallest absolute Gasteiger partial charge is 0.167 e. The number of furan rings is 1. The van der Waals surface area contributed by atoms with Gasteiger partial charge in [-0.15, -0.1) is 0 Å². The number of carbonyl (C=O) groups excluding carboxylic acids is 1. The summed E-state index contributed by atoms with van der Waals surface area (Å²) in [6.45, 7) is 1.95. The molecule has 15 heavy (non-hydrogen) atoms. The summed E-state index contributed by atoms with van der Waals surface area (Å²) < 4.78 is 4.93. The minimum Gasteiger partial charge on any atom is -0.472 e. The van der Waals surface area contributed by atoms with Crippen molar-refractivity contribution < 1.29 is 9.21 Å². The van der Waals surface area contributed by atoms with E-state index >= 15 is 0 Å². The standard InChI is InChI=1S/C13H12O2/c1-10-4-2-3-5-12(10)13(14)8-11-6-7-15-9-11/h2-7,9H,8H2,1H3. The second-order valence-electron chi connectivity index (χ2n) is 3.55. The Labute approximate surface area is 88.5 Å². The monoisotopic (exact) mass is 200 g/mol. The molecule has 0 atom stereocenters. The maximum atomic E-state index is 11.9. The van der Waals surface area contributed by atoms with Crippen LogP contribution in [-0.2, 0) is 6.42 Å². The lowest BCUT2D eigenvalue weighted by atomic mass is 10.0. The fourth-order valence-corrected chi connectivity index (χ4v) is 1.56. The fourth-order valence-electron chi connectivity index (χ4n) is 1.56. The summed E-state index contributed by atoms with van der Waals surface area (Å²) in [4.78, 5) is 11.9. The SMILES string of the molecule is Cc1ccccc1C(=O)Cc1ccoc1. The Balaban J connectivity index is 2.19. The fraction of sp³-hybridized carbons (Fsp3) is 0.154. The van der Waals surface area contributed by atoms with Crippen LogP contribution < -0.4 is 0 Å². The lowest BCUT2D eigenvalue weighted by Gasteiger charge is -2.02. The van der Waals surface area contributed by atoms with Crippen LogP contribution in [0.15, 0.2) is 47.3 Å². The molecular formula is C13H12O2. The molecule has 2 aromatic rings. The van der Waals surface area contributed by atoms with Crippen LogP contribution in [0.3, 0.4) is 0 Å². The van der Waals surface area contributed by atoms with Crippen LogP contribution in [-0.4, -0.2) is 5.78 Å². The van der Waals surface area contributed by atoms with Gasteiger partial charge >= 0.3 is 0 Å². The maximum absolute atomic E-state index is 11.9. The van der Waals surface area contributed by atoms with Crippen LogP contribution in [0.5, 0.6) is 0 Å². The Bertz CT molecular complexity index is 455. The van der Waals surface area contributed by atoms with Gasteiger partial charge in [-0.2, -0.15) is 0 Å². The molecule has 0 aliphatic carbocycles. The molecule has 0 bridgehead atoms. The van der Waals surface area contributed by atoms with Gasteiger partial charge in [0.2, 0.25) is 0 Å². The van der Waals surface area contributed by atoms with Crippen LogP contribution in [0.1, 0.15) is 21.5 Å². The van der Waals surface area contributed by atoms with Crippen molar-refractivity contribution in [2.45, 2.75) is 13.3 Å². The summed E-state index contributed by atoms with van der Waals surface area (Å²) in [5, 5.41) is 0. The number of ketones is 1. The number of hydrogen-bond acceptors (Lipinski definition) is 2. The molecule has 0 fully saturated rings. The van der Waals surface area contributed by atoms with E-state index in [1.54, 1.807) is 12.5 Å². The molecular weight excluding hydrogens is 188 g/mol. The molecule has 0 spiro atoms. The van der Waals surface area contributed by atoms with Crippen molar-refractivity contribution in [1.29, 1.82) is 0 Å². The largest absolute Gasteiger partial charge is 0.472 e. The predicted molar refractivity (Wildman–Crippen MR) is 57.9 cm³/mol. The van der Waals surface area contributed by atoms with Gasteiger partial charge in [0, 0.05) is 12.0 Å². The van der Waals surface area contributed by atoms with Gasteiger partial charge in [-0.1, -0.05) is 24.3 Å². The van der Waals surface area contributed by atoms with E-state index < -0.39 is 0 Å². The highest BCUT2D eigenvalue weighted by Crippen LogP contribution is 2.11. The molecule has 1 aromatic heterocycles. The topological polar surface area (TPSA) is 30.2 Å². The van der Waals surface area contributed by atoms with Crippen LogP contribution in [0.4, 0.5) is 0 Å². The summed E-state index contributed by atoms with van der Waals surface area (Å²) in [5.41, 5.74) is 2.73. The molecule has 76 valence electrons. The van der Waals surface area contributed by atoms with Crippen molar-refractivity contribution >= 4 is 5.78 Å². The average molecular weight is 200 g/mol. The first kappa shape index (κ1) is 9.71. The van der Waals surface area contributed by atoms with E-state index in [1.807, 2.05) is 37.3 Å². The van der Waals surface area contributed by atoms with E-state index in [0.717, 1.165) is 16.7 Å². The third-order valence-corrected chi connectivity index (χ3v) is 2.39. The number of benzene rings is 1. The Morgan fingerprint density at radius 2 is 2.07 bits per heavy atom.